The summed E-state index contributed by atoms with van der Waals surface area (Å²) in [6.07, 6.45) is -26.4. The van der Waals surface area contributed by atoms with E-state index in [-0.39, 0.29) is 0 Å². The molecule has 3 saturated heterocycles. The maximum atomic E-state index is 11.1. The molecule has 3 aliphatic rings. The van der Waals surface area contributed by atoms with Gasteiger partial charge in [0.2, 0.25) is 0 Å². The molecule has 3 aliphatic heterocycles. The molecule has 0 aromatic rings. The lowest BCUT2D eigenvalue weighted by atomic mass is 9.96. The summed E-state index contributed by atoms with van der Waals surface area (Å²) in [5, 5.41) is 99.7. The van der Waals surface area contributed by atoms with Crippen molar-refractivity contribution >= 4 is 5.97 Å². The van der Waals surface area contributed by atoms with Crippen molar-refractivity contribution in [2.24, 2.45) is 0 Å². The van der Waals surface area contributed by atoms with E-state index >= 15 is 0 Å². The molecule has 0 amide bonds. The number of ether oxygens (including phenoxy) is 5. The Morgan fingerprint density at radius 3 is 1.88 bits per heavy atom. The Balaban J connectivity index is 1.82. The van der Waals surface area contributed by atoms with Gasteiger partial charge in [-0.3, -0.25) is 0 Å². The molecule has 16 heteroatoms. The predicted molar refractivity (Wildman–Crippen MR) is 100 cm³/mol. The first-order valence-electron chi connectivity index (χ1n) is 10.4. The molecule has 0 bridgehead atoms. The molecule has 3 rings (SSSR count). The highest BCUT2D eigenvalue weighted by atomic mass is 16.8. The second-order valence-corrected chi connectivity index (χ2v) is 8.36. The first kappa shape index (κ1) is 27.5. The molecule has 3 fully saturated rings. The molecule has 16 nitrogen and oxygen atoms in total. The van der Waals surface area contributed by atoms with Crippen molar-refractivity contribution in [3.8, 4) is 0 Å². The third kappa shape index (κ3) is 5.20. The van der Waals surface area contributed by atoms with E-state index < -0.39 is 105 Å². The summed E-state index contributed by atoms with van der Waals surface area (Å²) in [5.74, 6) is -1.67. The zero-order valence-corrected chi connectivity index (χ0v) is 17.8. The van der Waals surface area contributed by atoms with Gasteiger partial charge in [0.1, 0.15) is 61.0 Å². The quantitative estimate of drug-likeness (QED) is 0.162. The molecule has 198 valence electrons. The molecule has 0 spiro atoms. The summed E-state index contributed by atoms with van der Waals surface area (Å²) in [5.41, 5.74) is 0. The van der Waals surface area contributed by atoms with E-state index in [4.69, 9.17) is 28.8 Å². The van der Waals surface area contributed by atoms with Crippen LogP contribution in [0.1, 0.15) is 6.92 Å². The molecule has 15 unspecified atom stereocenters. The van der Waals surface area contributed by atoms with Gasteiger partial charge in [0.05, 0.1) is 12.7 Å². The lowest BCUT2D eigenvalue weighted by molar-refractivity contribution is -0.388. The summed E-state index contributed by atoms with van der Waals surface area (Å²) in [6.45, 7) is 0.548. The van der Waals surface area contributed by atoms with Crippen molar-refractivity contribution in [1.82, 2.24) is 0 Å². The highest BCUT2D eigenvalue weighted by Gasteiger charge is 2.54. The van der Waals surface area contributed by atoms with Crippen molar-refractivity contribution in [3.63, 3.8) is 0 Å². The lowest BCUT2D eigenvalue weighted by Crippen LogP contribution is -2.66. The number of aliphatic carboxylic acids is 1. The number of aliphatic hydroxyl groups excluding tert-OH is 9. The Bertz CT molecular complexity index is 695. The molecule has 0 radical (unpaired) electrons. The van der Waals surface area contributed by atoms with Crippen LogP contribution in [-0.2, 0) is 28.5 Å². The average molecular weight is 502 g/mol. The molecule has 0 aromatic carbocycles. The monoisotopic (exact) mass is 502 g/mol. The molecule has 15 atom stereocenters. The fourth-order valence-corrected chi connectivity index (χ4v) is 3.95. The van der Waals surface area contributed by atoms with Gasteiger partial charge in [0, 0.05) is 0 Å². The highest BCUT2D eigenvalue weighted by molar-refractivity contribution is 5.73. The fourth-order valence-electron chi connectivity index (χ4n) is 3.95. The van der Waals surface area contributed by atoms with Crippen LogP contribution in [0.3, 0.4) is 0 Å². The molecular formula is C18H30O16. The lowest BCUT2D eigenvalue weighted by Gasteiger charge is -2.47. The zero-order valence-electron chi connectivity index (χ0n) is 17.8. The number of rotatable bonds is 6. The van der Waals surface area contributed by atoms with Crippen LogP contribution in [0.4, 0.5) is 0 Å². The van der Waals surface area contributed by atoms with Crippen LogP contribution in [0.2, 0.25) is 0 Å². The summed E-state index contributed by atoms with van der Waals surface area (Å²) in [4.78, 5) is 11.1. The summed E-state index contributed by atoms with van der Waals surface area (Å²) < 4.78 is 26.3. The van der Waals surface area contributed by atoms with Crippen LogP contribution in [0, 0.1) is 0 Å². The van der Waals surface area contributed by atoms with Crippen molar-refractivity contribution < 1.29 is 79.5 Å². The van der Waals surface area contributed by atoms with Crippen LogP contribution >= 0.6 is 0 Å². The Kier molecular flexibility index (Phi) is 8.81. The van der Waals surface area contributed by atoms with E-state index in [0.29, 0.717) is 0 Å². The number of carbonyl (C=O) groups is 1. The van der Waals surface area contributed by atoms with Gasteiger partial charge in [-0.15, -0.1) is 0 Å². The maximum Gasteiger partial charge on any atom is 0.335 e. The van der Waals surface area contributed by atoms with Gasteiger partial charge in [-0.05, 0) is 6.92 Å². The first-order chi connectivity index (χ1) is 15.9. The minimum absolute atomic E-state index is 0.814. The minimum atomic E-state index is -2.10. The third-order valence-corrected chi connectivity index (χ3v) is 6.02. The maximum absolute atomic E-state index is 11.1. The van der Waals surface area contributed by atoms with E-state index in [1.54, 1.807) is 0 Å². The topological polar surface area (TPSA) is 266 Å². The van der Waals surface area contributed by atoms with Gasteiger partial charge in [-0.1, -0.05) is 0 Å². The number of hydrogen-bond donors (Lipinski definition) is 10. The van der Waals surface area contributed by atoms with Gasteiger partial charge in [-0.25, -0.2) is 4.79 Å². The molecule has 34 heavy (non-hydrogen) atoms. The smallest absolute Gasteiger partial charge is 0.335 e. The van der Waals surface area contributed by atoms with E-state index in [1.165, 1.54) is 6.92 Å². The normalized spacial score (nSPS) is 52.4. The Labute approximate surface area is 192 Å². The Hall–Kier alpha value is -1.09. The number of hydrogen-bond acceptors (Lipinski definition) is 15. The molecule has 0 aliphatic carbocycles. The van der Waals surface area contributed by atoms with Gasteiger partial charge >= 0.3 is 5.97 Å². The predicted octanol–water partition coefficient (Wildman–Crippen LogP) is -6.45. The average Bonchev–Trinajstić information content (AvgIpc) is 2.79. The van der Waals surface area contributed by atoms with Crippen LogP contribution < -0.4 is 0 Å². The van der Waals surface area contributed by atoms with Crippen molar-refractivity contribution in [1.29, 1.82) is 0 Å². The largest absolute Gasteiger partial charge is 0.479 e. The second kappa shape index (κ2) is 10.9. The summed E-state index contributed by atoms with van der Waals surface area (Å²) >= 11 is 0. The SMILES string of the molecule is CC1OC(OC2C(OC3C(O)OC(C(=O)O)C(O)C3O)OC(CO)C(O)C2O)C(O)C(O)C1O. The summed E-state index contributed by atoms with van der Waals surface area (Å²) in [6, 6.07) is 0. The van der Waals surface area contributed by atoms with Crippen LogP contribution in [0.25, 0.3) is 0 Å². The Morgan fingerprint density at radius 1 is 0.706 bits per heavy atom. The van der Waals surface area contributed by atoms with Crippen LogP contribution in [0.15, 0.2) is 0 Å². The van der Waals surface area contributed by atoms with Gasteiger partial charge in [0.25, 0.3) is 0 Å². The zero-order chi connectivity index (χ0) is 25.5. The molecule has 0 saturated carbocycles. The molecular weight excluding hydrogens is 472 g/mol. The standard InChI is InChI=1S/C18H30O16/c1-3-5(20)7(22)11(26)17(30-3)34-14-8(23)6(21)4(2-19)31-18(14)33-13-10(25)9(24)12(15(27)28)32-16(13)29/h3-14,16-26,29H,2H2,1H3,(H,27,28). The van der Waals surface area contributed by atoms with E-state index in [0.717, 1.165) is 0 Å². The van der Waals surface area contributed by atoms with Crippen molar-refractivity contribution in [2.45, 2.75) is 99.0 Å². The van der Waals surface area contributed by atoms with Crippen molar-refractivity contribution in [3.05, 3.63) is 0 Å². The van der Waals surface area contributed by atoms with Gasteiger partial charge in [-0.2, -0.15) is 0 Å². The van der Waals surface area contributed by atoms with E-state index in [1.807, 2.05) is 0 Å². The second-order valence-electron chi connectivity index (χ2n) is 8.36. The number of carboxylic acid groups (broad SMARTS) is 1. The molecule has 0 aromatic heterocycles. The molecule has 10 N–H and O–H groups in total. The van der Waals surface area contributed by atoms with E-state index in [9.17, 15) is 50.8 Å². The van der Waals surface area contributed by atoms with E-state index in [2.05, 4.69) is 0 Å². The number of carboxylic acids is 1. The third-order valence-electron chi connectivity index (χ3n) is 6.02. The fraction of sp³-hybridized carbons (Fsp3) is 0.944. The number of aliphatic hydroxyl groups is 9. The van der Waals surface area contributed by atoms with Crippen LogP contribution in [0.5, 0.6) is 0 Å². The highest BCUT2D eigenvalue weighted by Crippen LogP contribution is 2.32. The first-order valence-corrected chi connectivity index (χ1v) is 10.4. The van der Waals surface area contributed by atoms with Gasteiger partial charge < -0.3 is 74.7 Å². The minimum Gasteiger partial charge on any atom is -0.479 e. The van der Waals surface area contributed by atoms with Crippen molar-refractivity contribution in [2.75, 3.05) is 6.61 Å². The molecule has 3 heterocycles. The van der Waals surface area contributed by atoms with Crippen LogP contribution in [-0.4, -0.2) is 156 Å². The summed E-state index contributed by atoms with van der Waals surface area (Å²) in [7, 11) is 0. The Morgan fingerprint density at radius 2 is 1.29 bits per heavy atom. The van der Waals surface area contributed by atoms with Gasteiger partial charge in [0.15, 0.2) is 25.0 Å².